The lowest BCUT2D eigenvalue weighted by Gasteiger charge is -2.11. The van der Waals surface area contributed by atoms with Crippen LogP contribution in [-0.2, 0) is 6.54 Å². The molecule has 2 N–H and O–H groups in total. The summed E-state index contributed by atoms with van der Waals surface area (Å²) in [5.74, 6) is 2.11. The minimum Gasteiger partial charge on any atom is -0.493 e. The summed E-state index contributed by atoms with van der Waals surface area (Å²) in [6.07, 6.45) is 1.66. The SMILES string of the molecule is COc1ccc(Nc2nccc(NCc3ccc(F)cc3)n2)cc1OC. The van der Waals surface area contributed by atoms with Crippen molar-refractivity contribution in [2.75, 3.05) is 24.9 Å². The summed E-state index contributed by atoms with van der Waals surface area (Å²) >= 11 is 0. The van der Waals surface area contributed by atoms with Gasteiger partial charge in [-0.05, 0) is 35.9 Å². The fourth-order valence-corrected chi connectivity index (χ4v) is 2.36. The van der Waals surface area contributed by atoms with Gasteiger partial charge < -0.3 is 20.1 Å². The smallest absolute Gasteiger partial charge is 0.229 e. The fraction of sp³-hybridized carbons (Fsp3) is 0.158. The average Bonchev–Trinajstić information content (AvgIpc) is 2.68. The van der Waals surface area contributed by atoms with Crippen molar-refractivity contribution in [3.8, 4) is 11.5 Å². The number of nitrogens with one attached hydrogen (secondary N) is 2. The van der Waals surface area contributed by atoms with Crippen LogP contribution in [0.1, 0.15) is 5.56 Å². The monoisotopic (exact) mass is 354 g/mol. The van der Waals surface area contributed by atoms with Crippen molar-refractivity contribution in [1.29, 1.82) is 0 Å². The molecule has 7 heteroatoms. The van der Waals surface area contributed by atoms with E-state index in [1.54, 1.807) is 50.7 Å². The number of rotatable bonds is 7. The molecule has 3 rings (SSSR count). The van der Waals surface area contributed by atoms with Gasteiger partial charge >= 0.3 is 0 Å². The van der Waals surface area contributed by atoms with E-state index in [-0.39, 0.29) is 5.82 Å². The molecular formula is C19H19FN4O2. The normalized spacial score (nSPS) is 10.3. The highest BCUT2D eigenvalue weighted by atomic mass is 19.1. The Kier molecular flexibility index (Phi) is 5.48. The van der Waals surface area contributed by atoms with E-state index in [1.165, 1.54) is 12.1 Å². The maximum atomic E-state index is 12.9. The molecule has 0 fully saturated rings. The Bertz CT molecular complexity index is 872. The molecule has 0 spiro atoms. The third-order valence-electron chi connectivity index (χ3n) is 3.68. The van der Waals surface area contributed by atoms with Crippen molar-refractivity contribution >= 4 is 17.5 Å². The molecule has 0 unspecified atom stereocenters. The van der Waals surface area contributed by atoms with Crippen molar-refractivity contribution < 1.29 is 13.9 Å². The van der Waals surface area contributed by atoms with Crippen LogP contribution in [0.3, 0.4) is 0 Å². The first-order chi connectivity index (χ1) is 12.7. The number of nitrogens with zero attached hydrogens (tertiary/aromatic N) is 2. The quantitative estimate of drug-likeness (QED) is 0.669. The number of anilines is 3. The second-order valence-corrected chi connectivity index (χ2v) is 5.44. The molecule has 1 aromatic heterocycles. The highest BCUT2D eigenvalue weighted by molar-refractivity contribution is 5.60. The molecule has 0 atom stereocenters. The highest BCUT2D eigenvalue weighted by Gasteiger charge is 2.06. The van der Waals surface area contributed by atoms with Gasteiger partial charge in [-0.15, -0.1) is 0 Å². The third kappa shape index (κ3) is 4.38. The van der Waals surface area contributed by atoms with E-state index in [0.717, 1.165) is 11.3 Å². The summed E-state index contributed by atoms with van der Waals surface area (Å²) in [4.78, 5) is 8.63. The average molecular weight is 354 g/mol. The van der Waals surface area contributed by atoms with E-state index in [4.69, 9.17) is 9.47 Å². The molecule has 0 saturated heterocycles. The van der Waals surface area contributed by atoms with Gasteiger partial charge in [0.25, 0.3) is 0 Å². The molecule has 0 bridgehead atoms. The Balaban J connectivity index is 1.68. The minimum absolute atomic E-state index is 0.253. The molecule has 2 aromatic carbocycles. The predicted molar refractivity (Wildman–Crippen MR) is 98.6 cm³/mol. The second-order valence-electron chi connectivity index (χ2n) is 5.44. The van der Waals surface area contributed by atoms with Crippen molar-refractivity contribution in [3.05, 3.63) is 66.1 Å². The van der Waals surface area contributed by atoms with E-state index in [0.29, 0.717) is 29.8 Å². The summed E-state index contributed by atoms with van der Waals surface area (Å²) in [5, 5.41) is 6.32. The summed E-state index contributed by atoms with van der Waals surface area (Å²) in [7, 11) is 3.17. The van der Waals surface area contributed by atoms with Crippen LogP contribution >= 0.6 is 0 Å². The first kappa shape index (κ1) is 17.5. The molecule has 0 saturated carbocycles. The number of methoxy groups -OCH3 is 2. The van der Waals surface area contributed by atoms with Crippen molar-refractivity contribution in [2.24, 2.45) is 0 Å². The third-order valence-corrected chi connectivity index (χ3v) is 3.68. The standard InChI is InChI=1S/C19H19FN4O2/c1-25-16-8-7-15(11-17(16)26-2)23-19-21-10-9-18(24-19)22-12-13-3-5-14(20)6-4-13/h3-11H,12H2,1-2H3,(H2,21,22,23,24). The van der Waals surface area contributed by atoms with E-state index in [2.05, 4.69) is 20.6 Å². The number of aromatic nitrogens is 2. The van der Waals surface area contributed by atoms with Crippen molar-refractivity contribution in [3.63, 3.8) is 0 Å². The summed E-state index contributed by atoms with van der Waals surface area (Å²) in [6, 6.07) is 13.5. The van der Waals surface area contributed by atoms with Crippen molar-refractivity contribution in [1.82, 2.24) is 9.97 Å². The molecule has 26 heavy (non-hydrogen) atoms. The first-order valence-corrected chi connectivity index (χ1v) is 7.98. The molecule has 6 nitrogen and oxygen atoms in total. The molecule has 1 heterocycles. The maximum absolute atomic E-state index is 12.9. The zero-order valence-electron chi connectivity index (χ0n) is 14.5. The molecule has 0 aliphatic carbocycles. The number of benzene rings is 2. The van der Waals surface area contributed by atoms with Crippen LogP contribution in [0.5, 0.6) is 11.5 Å². The lowest BCUT2D eigenvalue weighted by molar-refractivity contribution is 0.355. The van der Waals surface area contributed by atoms with Crippen LogP contribution in [0.2, 0.25) is 0 Å². The van der Waals surface area contributed by atoms with Gasteiger partial charge in [-0.2, -0.15) is 4.98 Å². The molecular weight excluding hydrogens is 335 g/mol. The molecule has 134 valence electrons. The van der Waals surface area contributed by atoms with Gasteiger partial charge in [0.05, 0.1) is 14.2 Å². The second kappa shape index (κ2) is 8.15. The summed E-state index contributed by atoms with van der Waals surface area (Å²) in [6.45, 7) is 0.535. The molecule has 0 radical (unpaired) electrons. The van der Waals surface area contributed by atoms with Crippen LogP contribution in [0.25, 0.3) is 0 Å². The van der Waals surface area contributed by atoms with E-state index in [1.807, 2.05) is 6.07 Å². The maximum Gasteiger partial charge on any atom is 0.229 e. The van der Waals surface area contributed by atoms with E-state index < -0.39 is 0 Å². The zero-order chi connectivity index (χ0) is 18.4. The number of ether oxygens (including phenoxy) is 2. The van der Waals surface area contributed by atoms with Crippen LogP contribution in [-0.4, -0.2) is 24.2 Å². The molecule has 0 aliphatic rings. The topological polar surface area (TPSA) is 68.3 Å². The number of hydrogen-bond donors (Lipinski definition) is 2. The molecule has 0 aliphatic heterocycles. The Hall–Kier alpha value is -3.35. The van der Waals surface area contributed by atoms with Crippen molar-refractivity contribution in [2.45, 2.75) is 6.54 Å². The van der Waals surface area contributed by atoms with Crippen LogP contribution < -0.4 is 20.1 Å². The number of hydrogen-bond acceptors (Lipinski definition) is 6. The van der Waals surface area contributed by atoms with Crippen LogP contribution in [0, 0.1) is 5.82 Å². The Morgan fingerprint density at radius 2 is 1.73 bits per heavy atom. The van der Waals surface area contributed by atoms with Gasteiger partial charge in [-0.25, -0.2) is 9.37 Å². The summed E-state index contributed by atoms with van der Waals surface area (Å²) in [5.41, 5.74) is 1.73. The predicted octanol–water partition coefficient (Wildman–Crippen LogP) is 3.99. The van der Waals surface area contributed by atoms with Gasteiger partial charge in [0.2, 0.25) is 5.95 Å². The van der Waals surface area contributed by atoms with Crippen LogP contribution in [0.4, 0.5) is 21.8 Å². The summed E-state index contributed by atoms with van der Waals surface area (Å²) < 4.78 is 23.5. The first-order valence-electron chi connectivity index (χ1n) is 7.98. The van der Waals surface area contributed by atoms with Gasteiger partial charge in [0, 0.05) is 24.5 Å². The Labute approximate surface area is 151 Å². The Morgan fingerprint density at radius 1 is 0.962 bits per heavy atom. The lowest BCUT2D eigenvalue weighted by Crippen LogP contribution is -2.04. The van der Waals surface area contributed by atoms with Gasteiger partial charge in [-0.3, -0.25) is 0 Å². The van der Waals surface area contributed by atoms with Gasteiger partial charge in [-0.1, -0.05) is 12.1 Å². The van der Waals surface area contributed by atoms with Gasteiger partial charge in [0.1, 0.15) is 11.6 Å². The fourth-order valence-electron chi connectivity index (χ4n) is 2.36. The van der Waals surface area contributed by atoms with E-state index >= 15 is 0 Å². The van der Waals surface area contributed by atoms with Crippen LogP contribution in [0.15, 0.2) is 54.7 Å². The van der Waals surface area contributed by atoms with E-state index in [9.17, 15) is 4.39 Å². The largest absolute Gasteiger partial charge is 0.493 e. The lowest BCUT2D eigenvalue weighted by atomic mass is 10.2. The van der Waals surface area contributed by atoms with Gasteiger partial charge in [0.15, 0.2) is 11.5 Å². The minimum atomic E-state index is -0.253. The molecule has 3 aromatic rings. The molecule has 0 amide bonds. The number of halogens is 1. The highest BCUT2D eigenvalue weighted by Crippen LogP contribution is 2.30. The zero-order valence-corrected chi connectivity index (χ0v) is 14.5. The Morgan fingerprint density at radius 3 is 2.46 bits per heavy atom.